The molecular weight excluding hydrogens is 512 g/mol. The second-order valence-electron chi connectivity index (χ2n) is 10.4. The van der Waals surface area contributed by atoms with Gasteiger partial charge in [-0.25, -0.2) is 4.79 Å². The number of carbonyl (C=O) groups is 3. The second-order valence-corrected chi connectivity index (χ2v) is 11.6. The van der Waals surface area contributed by atoms with E-state index in [1.807, 2.05) is 47.4 Å². The number of benzene rings is 1. The van der Waals surface area contributed by atoms with E-state index < -0.39 is 0 Å². The number of thioether (sulfide) groups is 1. The van der Waals surface area contributed by atoms with Crippen molar-refractivity contribution in [2.24, 2.45) is 5.92 Å². The quantitative estimate of drug-likeness (QED) is 0.415. The first kappa shape index (κ1) is 25.6. The van der Waals surface area contributed by atoms with Crippen molar-refractivity contribution >= 4 is 35.3 Å². The number of rotatable bonds is 6. The third-order valence-corrected chi connectivity index (χ3v) is 9.33. The molecule has 10 heteroatoms. The van der Waals surface area contributed by atoms with Gasteiger partial charge in [-0.15, -0.1) is 0 Å². The summed E-state index contributed by atoms with van der Waals surface area (Å²) in [4.78, 5) is 45.8. The molecule has 3 fully saturated rings. The molecule has 1 aromatic heterocycles. The second kappa shape index (κ2) is 10.9. The van der Waals surface area contributed by atoms with Crippen molar-refractivity contribution in [1.29, 1.82) is 0 Å². The molecule has 3 aliphatic heterocycles. The van der Waals surface area contributed by atoms with Crippen LogP contribution in [0.4, 0.5) is 10.5 Å². The predicted octanol–water partition coefficient (Wildman–Crippen LogP) is 3.27. The van der Waals surface area contributed by atoms with Crippen molar-refractivity contribution < 1.29 is 14.4 Å². The fraction of sp³-hybridized carbons (Fsp3) is 0.379. The molecule has 4 amide bonds. The maximum atomic E-state index is 13.6. The Hall–Kier alpha value is -3.63. The Morgan fingerprint density at radius 1 is 1.10 bits per heavy atom. The fourth-order valence-electron chi connectivity index (χ4n) is 6.22. The lowest BCUT2D eigenvalue weighted by molar-refractivity contribution is -0.117. The van der Waals surface area contributed by atoms with E-state index in [-0.39, 0.29) is 47.3 Å². The molecule has 1 aliphatic carbocycles. The summed E-state index contributed by atoms with van der Waals surface area (Å²) in [6.07, 6.45) is 7.15. The van der Waals surface area contributed by atoms with Crippen LogP contribution in [0.5, 0.6) is 0 Å². The number of urea groups is 1. The molecule has 0 radical (unpaired) electrons. The Kier molecular flexibility index (Phi) is 7.14. The van der Waals surface area contributed by atoms with Crippen LogP contribution in [0.1, 0.15) is 32.1 Å². The first-order valence-corrected chi connectivity index (χ1v) is 14.4. The number of pyridine rings is 1. The average Bonchev–Trinajstić information content (AvgIpc) is 3.33. The molecule has 3 unspecified atom stereocenters. The molecule has 2 saturated heterocycles. The van der Waals surface area contributed by atoms with E-state index in [1.165, 1.54) is 17.8 Å². The predicted molar refractivity (Wildman–Crippen MR) is 152 cm³/mol. The van der Waals surface area contributed by atoms with Crippen LogP contribution >= 0.6 is 11.8 Å². The minimum atomic E-state index is -0.227. The standard InChI is InChI=1S/C29H32N6O3S/c1-2-23(36)32-18-9-6-10-19(15-18)33-27(37)26-25-24-22(12-14-31-28(24)39-26)35(29(38)34-25)20-11-13-30-21(16-20)17-7-4-3-5-8-17/h2-5,7-8,11,13,16,18-19,22,24,28,31H,1,6,9-10,12,14-15H2,(H,32,36)(H,33,37)(H,34,38)/t18-,19+,22?,24?,28?/m0/s1. The van der Waals surface area contributed by atoms with Gasteiger partial charge in [-0.1, -0.05) is 48.7 Å². The molecule has 0 spiro atoms. The van der Waals surface area contributed by atoms with Crippen LogP contribution in [-0.2, 0) is 9.59 Å². The lowest BCUT2D eigenvalue weighted by Gasteiger charge is -2.45. The molecule has 5 atom stereocenters. The monoisotopic (exact) mass is 544 g/mol. The molecular formula is C29H32N6O3S. The van der Waals surface area contributed by atoms with Crippen LogP contribution in [0.3, 0.4) is 0 Å². The maximum absolute atomic E-state index is 13.6. The molecule has 6 rings (SSSR count). The summed E-state index contributed by atoms with van der Waals surface area (Å²) < 4.78 is 0. The van der Waals surface area contributed by atoms with Crippen molar-refractivity contribution in [3.63, 3.8) is 0 Å². The lowest BCUT2D eigenvalue weighted by Crippen LogP contribution is -2.62. The molecule has 202 valence electrons. The number of carbonyl (C=O) groups excluding carboxylic acids is 3. The number of hydrogen-bond donors (Lipinski definition) is 4. The molecule has 4 aliphatic rings. The zero-order valence-electron chi connectivity index (χ0n) is 21.6. The summed E-state index contributed by atoms with van der Waals surface area (Å²) in [6.45, 7) is 4.28. The van der Waals surface area contributed by atoms with E-state index in [9.17, 15) is 14.4 Å². The lowest BCUT2D eigenvalue weighted by atomic mass is 9.86. The van der Waals surface area contributed by atoms with Gasteiger partial charge in [0.1, 0.15) is 0 Å². The molecule has 1 aromatic carbocycles. The van der Waals surface area contributed by atoms with Gasteiger partial charge >= 0.3 is 6.03 Å². The maximum Gasteiger partial charge on any atom is 0.326 e. The van der Waals surface area contributed by atoms with Crippen LogP contribution in [-0.4, -0.2) is 52.9 Å². The SMILES string of the molecule is C=CC(=O)N[C@H]1CCC[C@@H](NC(=O)C2=C3NC(=O)N(c4ccnc(-c5ccccc5)c4)C4CCNC(S2)C34)C1. The number of nitrogens with one attached hydrogen (secondary N) is 4. The number of nitrogens with zero attached hydrogens (tertiary/aromatic N) is 2. The van der Waals surface area contributed by atoms with E-state index in [4.69, 9.17) is 0 Å². The summed E-state index contributed by atoms with van der Waals surface area (Å²) in [7, 11) is 0. The minimum absolute atomic E-state index is 0.00372. The third kappa shape index (κ3) is 5.06. The molecule has 0 bridgehead atoms. The van der Waals surface area contributed by atoms with E-state index in [2.05, 4.69) is 32.8 Å². The van der Waals surface area contributed by atoms with Crippen molar-refractivity contribution in [3.8, 4) is 11.3 Å². The molecule has 39 heavy (non-hydrogen) atoms. The summed E-state index contributed by atoms with van der Waals surface area (Å²) in [5, 5.41) is 12.8. The average molecular weight is 545 g/mol. The van der Waals surface area contributed by atoms with Crippen LogP contribution < -0.4 is 26.2 Å². The zero-order chi connectivity index (χ0) is 26.9. The van der Waals surface area contributed by atoms with Crippen molar-refractivity contribution in [3.05, 3.63) is 71.9 Å². The first-order chi connectivity index (χ1) is 19.0. The van der Waals surface area contributed by atoms with Gasteiger partial charge < -0.3 is 21.3 Å². The fourth-order valence-corrected chi connectivity index (χ4v) is 7.62. The van der Waals surface area contributed by atoms with Gasteiger partial charge in [0.2, 0.25) is 5.91 Å². The first-order valence-electron chi connectivity index (χ1n) is 13.5. The molecule has 2 aromatic rings. The van der Waals surface area contributed by atoms with Crippen LogP contribution in [0.2, 0.25) is 0 Å². The molecule has 4 N–H and O–H groups in total. The number of anilines is 1. The highest BCUT2D eigenvalue weighted by Gasteiger charge is 2.51. The van der Waals surface area contributed by atoms with Crippen molar-refractivity contribution in [2.75, 3.05) is 11.4 Å². The minimum Gasteiger partial charge on any atom is -0.350 e. The summed E-state index contributed by atoms with van der Waals surface area (Å²) in [6, 6.07) is 13.4. The third-order valence-electron chi connectivity index (χ3n) is 7.98. The van der Waals surface area contributed by atoms with Gasteiger partial charge in [-0.3, -0.25) is 19.5 Å². The number of piperidine rings is 1. The Bertz CT molecular complexity index is 1330. The van der Waals surface area contributed by atoms with E-state index >= 15 is 0 Å². The Morgan fingerprint density at radius 3 is 2.69 bits per heavy atom. The highest BCUT2D eigenvalue weighted by Crippen LogP contribution is 2.48. The Morgan fingerprint density at radius 2 is 1.90 bits per heavy atom. The van der Waals surface area contributed by atoms with Crippen LogP contribution in [0.25, 0.3) is 11.3 Å². The summed E-state index contributed by atoms with van der Waals surface area (Å²) in [5.74, 6) is -0.375. The van der Waals surface area contributed by atoms with Crippen molar-refractivity contribution in [2.45, 2.75) is 55.6 Å². The van der Waals surface area contributed by atoms with E-state index in [0.717, 1.165) is 49.2 Å². The topological polar surface area (TPSA) is 115 Å². The Labute approximate surface area is 231 Å². The van der Waals surface area contributed by atoms with Gasteiger partial charge in [0.05, 0.1) is 22.0 Å². The van der Waals surface area contributed by atoms with Gasteiger partial charge in [-0.05, 0) is 56.9 Å². The molecule has 4 heterocycles. The largest absolute Gasteiger partial charge is 0.350 e. The number of amides is 4. The van der Waals surface area contributed by atoms with Crippen LogP contribution in [0.15, 0.2) is 71.9 Å². The highest BCUT2D eigenvalue weighted by atomic mass is 32.2. The van der Waals surface area contributed by atoms with Crippen molar-refractivity contribution in [1.82, 2.24) is 26.3 Å². The van der Waals surface area contributed by atoms with Gasteiger partial charge in [0.25, 0.3) is 5.91 Å². The van der Waals surface area contributed by atoms with E-state index in [0.29, 0.717) is 17.0 Å². The smallest absolute Gasteiger partial charge is 0.326 e. The van der Waals surface area contributed by atoms with E-state index in [1.54, 1.807) is 6.20 Å². The number of hydrogen-bond acceptors (Lipinski definition) is 6. The summed E-state index contributed by atoms with van der Waals surface area (Å²) >= 11 is 1.50. The zero-order valence-corrected chi connectivity index (χ0v) is 22.4. The molecule has 1 saturated carbocycles. The van der Waals surface area contributed by atoms with Gasteiger partial charge in [0.15, 0.2) is 0 Å². The number of aromatic nitrogens is 1. The van der Waals surface area contributed by atoms with Gasteiger partial charge in [0, 0.05) is 41.1 Å². The highest BCUT2D eigenvalue weighted by molar-refractivity contribution is 8.04. The van der Waals surface area contributed by atoms with Gasteiger partial charge in [-0.2, -0.15) is 0 Å². The molecule has 9 nitrogen and oxygen atoms in total. The summed E-state index contributed by atoms with van der Waals surface area (Å²) in [5.41, 5.74) is 3.31. The Balaban J connectivity index is 1.22. The van der Waals surface area contributed by atoms with Crippen LogP contribution in [0, 0.1) is 5.92 Å². The normalized spacial score (nSPS) is 27.8.